The van der Waals surface area contributed by atoms with Crippen molar-refractivity contribution in [1.82, 2.24) is 25.3 Å². The third-order valence-electron chi connectivity index (χ3n) is 4.59. The number of rotatable bonds is 4. The van der Waals surface area contributed by atoms with Gasteiger partial charge in [-0.25, -0.2) is 4.79 Å². The van der Waals surface area contributed by atoms with Crippen LogP contribution in [0.5, 0.6) is 0 Å². The van der Waals surface area contributed by atoms with E-state index in [1.807, 2.05) is 50.5 Å². The maximum atomic E-state index is 12.2. The third kappa shape index (κ3) is 5.76. The molecular formula is C18H31N5O2. The van der Waals surface area contributed by atoms with Gasteiger partial charge in [0.05, 0.1) is 6.20 Å². The van der Waals surface area contributed by atoms with Crippen LogP contribution in [0, 0.1) is 6.92 Å². The monoisotopic (exact) mass is 349 g/mol. The Morgan fingerprint density at radius 2 is 1.92 bits per heavy atom. The van der Waals surface area contributed by atoms with Gasteiger partial charge in [-0.3, -0.25) is 9.48 Å². The fourth-order valence-corrected chi connectivity index (χ4v) is 2.96. The lowest BCUT2D eigenvalue weighted by atomic mass is 10.0. The Balaban J connectivity index is 1.71. The van der Waals surface area contributed by atoms with Gasteiger partial charge in [-0.1, -0.05) is 0 Å². The molecule has 0 aliphatic carbocycles. The molecule has 0 unspecified atom stereocenters. The van der Waals surface area contributed by atoms with Gasteiger partial charge in [0.15, 0.2) is 0 Å². The van der Waals surface area contributed by atoms with Crippen LogP contribution in [-0.2, 0) is 18.3 Å². The Labute approximate surface area is 150 Å². The largest absolute Gasteiger partial charge is 0.353 e. The number of piperidine rings is 1. The summed E-state index contributed by atoms with van der Waals surface area (Å²) in [6, 6.07) is 0.130. The quantitative estimate of drug-likeness (QED) is 0.869. The van der Waals surface area contributed by atoms with Gasteiger partial charge in [0.1, 0.15) is 0 Å². The molecule has 1 aliphatic heterocycles. The second kappa shape index (κ2) is 7.89. The molecule has 1 aliphatic rings. The van der Waals surface area contributed by atoms with Crippen molar-refractivity contribution >= 4 is 11.9 Å². The van der Waals surface area contributed by atoms with Crippen molar-refractivity contribution in [3.8, 4) is 0 Å². The van der Waals surface area contributed by atoms with Crippen LogP contribution in [0.1, 0.15) is 51.3 Å². The minimum atomic E-state index is -0.230. The normalized spacial score (nSPS) is 16.0. The van der Waals surface area contributed by atoms with Crippen LogP contribution in [0.4, 0.5) is 4.79 Å². The molecule has 140 valence electrons. The number of likely N-dealkylation sites (tertiary alicyclic amines) is 1. The van der Waals surface area contributed by atoms with Crippen molar-refractivity contribution in [2.45, 2.75) is 65.0 Å². The van der Waals surface area contributed by atoms with Gasteiger partial charge in [0, 0.05) is 43.8 Å². The van der Waals surface area contributed by atoms with Crippen LogP contribution in [0.25, 0.3) is 0 Å². The summed E-state index contributed by atoms with van der Waals surface area (Å²) in [6.45, 7) is 9.28. The minimum absolute atomic E-state index is 0.0238. The molecule has 1 aromatic heterocycles. The Morgan fingerprint density at radius 1 is 1.28 bits per heavy atom. The van der Waals surface area contributed by atoms with Crippen molar-refractivity contribution in [1.29, 1.82) is 0 Å². The number of aryl methyl sites for hydroxylation is 2. The molecule has 2 rings (SSSR count). The van der Waals surface area contributed by atoms with E-state index in [-0.39, 0.29) is 23.5 Å². The van der Waals surface area contributed by atoms with Crippen molar-refractivity contribution in [3.05, 3.63) is 17.5 Å². The zero-order valence-electron chi connectivity index (χ0n) is 16.1. The molecular weight excluding hydrogens is 318 g/mol. The Kier molecular flexibility index (Phi) is 6.08. The Bertz CT molecular complexity index is 609. The highest BCUT2D eigenvalue weighted by Crippen LogP contribution is 2.13. The fraction of sp³-hybridized carbons (Fsp3) is 0.722. The molecule has 0 bridgehead atoms. The van der Waals surface area contributed by atoms with E-state index in [4.69, 9.17) is 0 Å². The van der Waals surface area contributed by atoms with E-state index in [0.717, 1.165) is 24.1 Å². The summed E-state index contributed by atoms with van der Waals surface area (Å²) in [5.41, 5.74) is 1.99. The molecule has 3 amide bonds. The van der Waals surface area contributed by atoms with E-state index in [1.54, 1.807) is 0 Å². The number of aromatic nitrogens is 2. The van der Waals surface area contributed by atoms with Crippen molar-refractivity contribution in [2.75, 3.05) is 13.1 Å². The van der Waals surface area contributed by atoms with Gasteiger partial charge < -0.3 is 15.5 Å². The lowest BCUT2D eigenvalue weighted by molar-refractivity contribution is -0.122. The summed E-state index contributed by atoms with van der Waals surface area (Å²) in [5, 5.41) is 10.3. The van der Waals surface area contributed by atoms with Gasteiger partial charge >= 0.3 is 6.03 Å². The zero-order chi connectivity index (χ0) is 18.6. The maximum Gasteiger partial charge on any atom is 0.317 e. The summed E-state index contributed by atoms with van der Waals surface area (Å²) in [4.78, 5) is 26.2. The number of hydrogen-bond acceptors (Lipinski definition) is 3. The number of amides is 3. The molecule has 25 heavy (non-hydrogen) atoms. The van der Waals surface area contributed by atoms with Crippen LogP contribution in [0.3, 0.4) is 0 Å². The number of carbonyl (C=O) groups is 2. The summed E-state index contributed by atoms with van der Waals surface area (Å²) in [5.74, 6) is 0.0702. The highest BCUT2D eigenvalue weighted by molar-refractivity contribution is 5.77. The van der Waals surface area contributed by atoms with E-state index in [1.165, 1.54) is 0 Å². The molecule has 0 saturated carbocycles. The predicted molar refractivity (Wildman–Crippen MR) is 97.3 cm³/mol. The Hall–Kier alpha value is -2.05. The molecule has 1 aromatic rings. The second-order valence-electron chi connectivity index (χ2n) is 7.89. The first-order chi connectivity index (χ1) is 11.7. The van der Waals surface area contributed by atoms with Gasteiger partial charge in [-0.2, -0.15) is 5.10 Å². The lowest BCUT2D eigenvalue weighted by Gasteiger charge is -2.34. The van der Waals surface area contributed by atoms with E-state index in [2.05, 4.69) is 15.7 Å². The minimum Gasteiger partial charge on any atom is -0.353 e. The number of hydrogen-bond donors (Lipinski definition) is 2. The van der Waals surface area contributed by atoms with Crippen molar-refractivity contribution < 1.29 is 9.59 Å². The topological polar surface area (TPSA) is 79.3 Å². The van der Waals surface area contributed by atoms with E-state index in [9.17, 15) is 9.59 Å². The van der Waals surface area contributed by atoms with Gasteiger partial charge in [0.2, 0.25) is 5.91 Å². The van der Waals surface area contributed by atoms with Crippen LogP contribution < -0.4 is 10.6 Å². The molecule has 0 atom stereocenters. The standard InChI is InChI=1S/C18H31N5O2/c1-13-14(12-19-22(13)5)6-7-16(24)20-15-8-10-23(11-9-15)17(25)21-18(2,3)4/h12,15H,6-11H2,1-5H3,(H,20,24)(H,21,25). The predicted octanol–water partition coefficient (Wildman–Crippen LogP) is 1.75. The van der Waals surface area contributed by atoms with Crippen LogP contribution in [0.15, 0.2) is 6.20 Å². The summed E-state index contributed by atoms with van der Waals surface area (Å²) in [7, 11) is 1.91. The molecule has 0 aromatic carbocycles. The molecule has 0 radical (unpaired) electrons. The molecule has 2 heterocycles. The second-order valence-corrected chi connectivity index (χ2v) is 7.89. The van der Waals surface area contributed by atoms with E-state index >= 15 is 0 Å². The highest BCUT2D eigenvalue weighted by atomic mass is 16.2. The number of nitrogens with one attached hydrogen (secondary N) is 2. The maximum absolute atomic E-state index is 12.2. The van der Waals surface area contributed by atoms with Gasteiger partial charge in [-0.05, 0) is 52.5 Å². The van der Waals surface area contributed by atoms with Crippen molar-refractivity contribution in [3.63, 3.8) is 0 Å². The average molecular weight is 349 g/mol. The van der Waals surface area contributed by atoms with E-state index < -0.39 is 0 Å². The Morgan fingerprint density at radius 3 is 2.44 bits per heavy atom. The summed E-state index contributed by atoms with van der Waals surface area (Å²) >= 11 is 0. The fourth-order valence-electron chi connectivity index (χ4n) is 2.96. The number of carbonyl (C=O) groups excluding carboxylic acids is 2. The van der Waals surface area contributed by atoms with Crippen LogP contribution in [0.2, 0.25) is 0 Å². The summed E-state index contributed by atoms with van der Waals surface area (Å²) in [6.07, 6.45) is 4.61. The molecule has 7 nitrogen and oxygen atoms in total. The average Bonchev–Trinajstić information content (AvgIpc) is 2.83. The molecule has 2 N–H and O–H groups in total. The first-order valence-corrected chi connectivity index (χ1v) is 8.99. The first kappa shape index (κ1) is 19.3. The molecule has 7 heteroatoms. The SMILES string of the molecule is Cc1c(CCC(=O)NC2CCN(C(=O)NC(C)(C)C)CC2)cnn1C. The molecule has 1 saturated heterocycles. The smallest absolute Gasteiger partial charge is 0.317 e. The van der Waals surface area contributed by atoms with Crippen LogP contribution >= 0.6 is 0 Å². The van der Waals surface area contributed by atoms with Gasteiger partial charge in [0.25, 0.3) is 0 Å². The molecule has 1 fully saturated rings. The van der Waals surface area contributed by atoms with E-state index in [0.29, 0.717) is 25.9 Å². The zero-order valence-corrected chi connectivity index (χ0v) is 16.1. The molecule has 0 spiro atoms. The van der Waals surface area contributed by atoms with Crippen LogP contribution in [-0.4, -0.2) is 51.3 Å². The van der Waals surface area contributed by atoms with Gasteiger partial charge in [-0.15, -0.1) is 0 Å². The lowest BCUT2D eigenvalue weighted by Crippen LogP contribution is -2.53. The van der Waals surface area contributed by atoms with Crippen molar-refractivity contribution in [2.24, 2.45) is 7.05 Å². The first-order valence-electron chi connectivity index (χ1n) is 8.99. The number of nitrogens with zero attached hydrogens (tertiary/aromatic N) is 3. The highest BCUT2D eigenvalue weighted by Gasteiger charge is 2.25. The number of urea groups is 1. The summed E-state index contributed by atoms with van der Waals surface area (Å²) < 4.78 is 1.82. The third-order valence-corrected chi connectivity index (χ3v) is 4.59.